The first-order valence-corrected chi connectivity index (χ1v) is 12.6. The maximum Gasteiger partial charge on any atom is 0.410 e. The Balaban J connectivity index is 2.95. The highest BCUT2D eigenvalue weighted by molar-refractivity contribution is 6.74. The Morgan fingerprint density at radius 2 is 1.73 bits per heavy atom. The molecule has 0 saturated carbocycles. The van der Waals surface area contributed by atoms with Crippen molar-refractivity contribution in [3.63, 3.8) is 0 Å². The fraction of sp³-hybridized carbons (Fsp3) is 0.947. The van der Waals surface area contributed by atoms with Crippen LogP contribution in [0.1, 0.15) is 60.8 Å². The van der Waals surface area contributed by atoms with Crippen molar-refractivity contribution in [2.45, 2.75) is 103 Å². The fourth-order valence-corrected chi connectivity index (χ4v) is 4.18. The molecule has 0 unspecified atom stereocenters. The van der Waals surface area contributed by atoms with Crippen LogP contribution in [0.2, 0.25) is 18.1 Å². The zero-order chi connectivity index (χ0) is 20.3. The van der Waals surface area contributed by atoms with E-state index in [1.165, 1.54) is 0 Å². The van der Waals surface area contributed by atoms with E-state index < -0.39 is 32.2 Å². The summed E-state index contributed by atoms with van der Waals surface area (Å²) >= 11 is 0. The Labute approximate surface area is 160 Å². The molecule has 1 aliphatic heterocycles. The number of amides is 1. The van der Waals surface area contributed by atoms with Crippen LogP contribution < -0.4 is 0 Å². The van der Waals surface area contributed by atoms with Gasteiger partial charge in [-0.15, -0.1) is 0 Å². The van der Waals surface area contributed by atoms with Crippen molar-refractivity contribution in [1.29, 1.82) is 0 Å². The molecule has 1 heterocycles. The van der Waals surface area contributed by atoms with Crippen LogP contribution in [0, 0.1) is 0 Å². The third kappa shape index (κ3) is 6.22. The molecule has 0 aromatic heterocycles. The van der Waals surface area contributed by atoms with Gasteiger partial charge in [0.2, 0.25) is 0 Å². The van der Waals surface area contributed by atoms with E-state index in [9.17, 15) is 9.90 Å². The largest absolute Gasteiger partial charge is 0.444 e. The van der Waals surface area contributed by atoms with Gasteiger partial charge in [-0.1, -0.05) is 20.8 Å². The summed E-state index contributed by atoms with van der Waals surface area (Å²) in [5.74, 6) is 0. The molecule has 1 aliphatic rings. The standard InChI is InChI=1S/C19H39NO5Si/c1-18(2,3)24-17(23)20-13-15(25-26(7,8)19(4,5)6)16(22)14(20)11-9-10-12-21/h14-16,21-22H,9-13H2,1-8H3/t14-,15-,16-/m0/s1. The quantitative estimate of drug-likeness (QED) is 0.537. The van der Waals surface area contributed by atoms with Crippen molar-refractivity contribution in [2.75, 3.05) is 13.2 Å². The van der Waals surface area contributed by atoms with Crippen molar-refractivity contribution >= 4 is 14.4 Å². The second-order valence-electron chi connectivity index (χ2n) is 9.83. The molecule has 0 aliphatic carbocycles. The van der Waals surface area contributed by atoms with Gasteiger partial charge in [-0.25, -0.2) is 4.79 Å². The minimum Gasteiger partial charge on any atom is -0.444 e. The molecule has 6 nitrogen and oxygen atoms in total. The molecule has 0 aromatic carbocycles. The second-order valence-corrected chi connectivity index (χ2v) is 14.6. The van der Waals surface area contributed by atoms with Gasteiger partial charge in [-0.3, -0.25) is 4.90 Å². The Bertz CT molecular complexity index is 470. The smallest absolute Gasteiger partial charge is 0.410 e. The van der Waals surface area contributed by atoms with Crippen LogP contribution in [0.25, 0.3) is 0 Å². The molecule has 2 N–H and O–H groups in total. The first-order valence-electron chi connectivity index (χ1n) is 9.66. The average Bonchev–Trinajstić information content (AvgIpc) is 2.73. The van der Waals surface area contributed by atoms with Crippen molar-refractivity contribution in [1.82, 2.24) is 4.90 Å². The Hall–Kier alpha value is -0.633. The molecule has 1 saturated heterocycles. The summed E-state index contributed by atoms with van der Waals surface area (Å²) in [6.07, 6.45) is 0.465. The lowest BCUT2D eigenvalue weighted by Gasteiger charge is -2.39. The van der Waals surface area contributed by atoms with Crippen LogP contribution in [0.15, 0.2) is 0 Å². The molecule has 154 valence electrons. The van der Waals surface area contributed by atoms with Crippen molar-refractivity contribution < 1.29 is 24.2 Å². The van der Waals surface area contributed by atoms with Gasteiger partial charge < -0.3 is 19.4 Å². The van der Waals surface area contributed by atoms with Gasteiger partial charge in [-0.05, 0) is 58.2 Å². The fourth-order valence-electron chi connectivity index (χ4n) is 2.85. The predicted octanol–water partition coefficient (Wildman–Crippen LogP) is 3.52. The zero-order valence-electron chi connectivity index (χ0n) is 17.8. The number of ether oxygens (including phenoxy) is 1. The molecule has 0 bridgehead atoms. The van der Waals surface area contributed by atoms with Gasteiger partial charge >= 0.3 is 6.09 Å². The summed E-state index contributed by atoms with van der Waals surface area (Å²) in [6.45, 7) is 16.7. The van der Waals surface area contributed by atoms with Crippen LogP contribution in [-0.4, -0.2) is 66.5 Å². The summed E-state index contributed by atoms with van der Waals surface area (Å²) in [4.78, 5) is 14.3. The highest BCUT2D eigenvalue weighted by Gasteiger charge is 2.48. The van der Waals surface area contributed by atoms with E-state index in [0.29, 0.717) is 19.4 Å². The maximum atomic E-state index is 12.7. The average molecular weight is 390 g/mol. The zero-order valence-corrected chi connectivity index (χ0v) is 18.8. The van der Waals surface area contributed by atoms with Crippen LogP contribution in [0.5, 0.6) is 0 Å². The molecule has 1 amide bonds. The maximum absolute atomic E-state index is 12.7. The van der Waals surface area contributed by atoms with Crippen LogP contribution in [0.3, 0.4) is 0 Å². The van der Waals surface area contributed by atoms with Crippen molar-refractivity contribution in [3.8, 4) is 0 Å². The Kier molecular flexibility index (Phi) is 7.73. The number of nitrogens with zero attached hydrogens (tertiary/aromatic N) is 1. The molecular formula is C19H39NO5Si. The van der Waals surface area contributed by atoms with Gasteiger partial charge in [0.05, 0.1) is 18.7 Å². The lowest BCUT2D eigenvalue weighted by atomic mass is 10.0. The van der Waals surface area contributed by atoms with Crippen LogP contribution >= 0.6 is 0 Å². The minimum atomic E-state index is -2.07. The number of carbonyl (C=O) groups is 1. The summed E-state index contributed by atoms with van der Waals surface area (Å²) < 4.78 is 11.9. The number of unbranched alkanes of at least 4 members (excludes halogenated alkanes) is 1. The van der Waals surface area contributed by atoms with Gasteiger partial charge in [0.15, 0.2) is 8.32 Å². The number of likely N-dealkylation sites (tertiary alicyclic amines) is 1. The number of hydrogen-bond donors (Lipinski definition) is 2. The molecule has 7 heteroatoms. The summed E-state index contributed by atoms with van der Waals surface area (Å²) in [7, 11) is -2.07. The van der Waals surface area contributed by atoms with E-state index in [-0.39, 0.29) is 17.7 Å². The van der Waals surface area contributed by atoms with E-state index >= 15 is 0 Å². The number of aliphatic hydroxyl groups is 2. The van der Waals surface area contributed by atoms with E-state index in [0.717, 1.165) is 6.42 Å². The molecule has 1 rings (SSSR count). The topological polar surface area (TPSA) is 79.2 Å². The van der Waals surface area contributed by atoms with E-state index in [1.807, 2.05) is 20.8 Å². The SMILES string of the molecule is CC(C)(C)OC(=O)N1C[C@H](O[Si](C)(C)C(C)(C)C)[C@@H](O)[C@@H]1CCCCO. The van der Waals surface area contributed by atoms with E-state index in [1.54, 1.807) is 4.90 Å². The number of hydrogen-bond acceptors (Lipinski definition) is 5. The summed E-state index contributed by atoms with van der Waals surface area (Å²) in [5, 5.41) is 19.9. The van der Waals surface area contributed by atoms with Gasteiger partial charge in [0.25, 0.3) is 0 Å². The molecule has 26 heavy (non-hydrogen) atoms. The summed E-state index contributed by atoms with van der Waals surface area (Å²) in [6, 6.07) is -0.342. The number of aliphatic hydroxyl groups excluding tert-OH is 2. The first-order chi connectivity index (χ1) is 11.7. The Morgan fingerprint density at radius 1 is 1.15 bits per heavy atom. The van der Waals surface area contributed by atoms with Crippen LogP contribution in [-0.2, 0) is 9.16 Å². The minimum absolute atomic E-state index is 0.0262. The normalized spacial score (nSPS) is 24.8. The highest BCUT2D eigenvalue weighted by atomic mass is 28.4. The number of carbonyl (C=O) groups excluding carboxylic acids is 1. The third-order valence-corrected chi connectivity index (χ3v) is 9.84. The lowest BCUT2D eigenvalue weighted by Crippen LogP contribution is -2.47. The molecule has 3 atom stereocenters. The van der Waals surface area contributed by atoms with Gasteiger partial charge in [0.1, 0.15) is 11.7 Å². The second kappa shape index (κ2) is 8.58. The molecular weight excluding hydrogens is 350 g/mol. The lowest BCUT2D eigenvalue weighted by molar-refractivity contribution is 0.0123. The predicted molar refractivity (Wildman–Crippen MR) is 106 cm³/mol. The van der Waals surface area contributed by atoms with Crippen LogP contribution in [0.4, 0.5) is 4.79 Å². The molecule has 0 aromatic rings. The molecule has 0 spiro atoms. The van der Waals surface area contributed by atoms with E-state index in [4.69, 9.17) is 14.3 Å². The Morgan fingerprint density at radius 3 is 2.19 bits per heavy atom. The van der Waals surface area contributed by atoms with Crippen molar-refractivity contribution in [2.24, 2.45) is 0 Å². The van der Waals surface area contributed by atoms with Gasteiger partial charge in [0, 0.05) is 6.61 Å². The summed E-state index contributed by atoms with van der Waals surface area (Å²) in [5.41, 5.74) is -0.587. The third-order valence-electron chi connectivity index (χ3n) is 5.34. The number of rotatable bonds is 6. The first kappa shape index (κ1) is 23.4. The van der Waals surface area contributed by atoms with E-state index in [2.05, 4.69) is 33.9 Å². The highest BCUT2D eigenvalue weighted by Crippen LogP contribution is 2.39. The van der Waals surface area contributed by atoms with Gasteiger partial charge in [-0.2, -0.15) is 0 Å². The monoisotopic (exact) mass is 389 g/mol. The molecule has 0 radical (unpaired) electrons. The molecule has 1 fully saturated rings. The van der Waals surface area contributed by atoms with Crippen molar-refractivity contribution in [3.05, 3.63) is 0 Å².